The van der Waals surface area contributed by atoms with Crippen LogP contribution in [0.4, 0.5) is 5.82 Å². The fourth-order valence-corrected chi connectivity index (χ4v) is 1.46. The maximum Gasteiger partial charge on any atom is 0.364 e. The summed E-state index contributed by atoms with van der Waals surface area (Å²) in [5.41, 5.74) is 1.34. The summed E-state index contributed by atoms with van der Waals surface area (Å²) in [7, 11) is 0. The van der Waals surface area contributed by atoms with Gasteiger partial charge in [0.1, 0.15) is 11.6 Å². The molecule has 2 aromatic rings. The second-order valence-corrected chi connectivity index (χ2v) is 3.30. The van der Waals surface area contributed by atoms with Gasteiger partial charge in [0.15, 0.2) is 0 Å². The van der Waals surface area contributed by atoms with Gasteiger partial charge < -0.3 is 10.1 Å². The summed E-state index contributed by atoms with van der Waals surface area (Å²) >= 11 is 0. The Balaban J connectivity index is 2.63. The number of nitro groups is 1. The Morgan fingerprint density at radius 3 is 2.47 bits per heavy atom. The van der Waals surface area contributed by atoms with E-state index >= 15 is 0 Å². The number of benzene rings is 1. The van der Waals surface area contributed by atoms with Crippen molar-refractivity contribution < 1.29 is 4.92 Å². The van der Waals surface area contributed by atoms with Crippen LogP contribution in [0.2, 0.25) is 0 Å². The van der Waals surface area contributed by atoms with Gasteiger partial charge in [-0.3, -0.25) is 0 Å². The first-order valence-electron chi connectivity index (χ1n) is 4.83. The van der Waals surface area contributed by atoms with E-state index in [4.69, 9.17) is 5.26 Å². The average molecular weight is 225 g/mol. The van der Waals surface area contributed by atoms with Gasteiger partial charge in [0.25, 0.3) is 0 Å². The summed E-state index contributed by atoms with van der Waals surface area (Å²) < 4.78 is 0. The lowest BCUT2D eigenvalue weighted by Gasteiger charge is -1.99. The highest BCUT2D eigenvalue weighted by atomic mass is 16.6. The van der Waals surface area contributed by atoms with Crippen LogP contribution < -0.4 is 0 Å². The van der Waals surface area contributed by atoms with E-state index in [1.54, 1.807) is 24.3 Å². The summed E-state index contributed by atoms with van der Waals surface area (Å²) in [5.74, 6) is -0.261. The first kappa shape index (κ1) is 10.8. The highest BCUT2D eigenvalue weighted by Crippen LogP contribution is 2.23. The molecule has 0 spiro atoms. The van der Waals surface area contributed by atoms with Gasteiger partial charge in [-0.1, -0.05) is 30.3 Å². The Morgan fingerprint density at radius 1 is 1.18 bits per heavy atom. The molecule has 0 fully saturated rings. The van der Waals surface area contributed by atoms with Crippen LogP contribution in [0.15, 0.2) is 42.5 Å². The Hall–Kier alpha value is -2.74. The molecule has 0 amide bonds. The second kappa shape index (κ2) is 4.41. The van der Waals surface area contributed by atoms with Crippen LogP contribution in [0.3, 0.4) is 0 Å². The molecule has 0 aliphatic rings. The molecule has 0 unspecified atom stereocenters. The molecule has 2 rings (SSSR count). The predicted molar refractivity (Wildman–Crippen MR) is 61.0 cm³/mol. The first-order chi connectivity index (χ1) is 8.22. The molecule has 5 heteroatoms. The third-order valence-electron chi connectivity index (χ3n) is 2.24. The Morgan fingerprint density at radius 2 is 1.88 bits per heavy atom. The van der Waals surface area contributed by atoms with Gasteiger partial charge in [-0.15, -0.1) is 0 Å². The topological polar surface area (TPSA) is 79.8 Å². The van der Waals surface area contributed by atoms with E-state index in [2.05, 4.69) is 4.98 Å². The van der Waals surface area contributed by atoms with E-state index in [1.807, 2.05) is 12.1 Å². The van der Waals surface area contributed by atoms with Gasteiger partial charge in [-0.25, -0.2) is 0 Å². The van der Waals surface area contributed by atoms with Crippen molar-refractivity contribution in [2.45, 2.75) is 0 Å². The van der Waals surface area contributed by atoms with Crippen molar-refractivity contribution in [3.05, 3.63) is 58.1 Å². The van der Waals surface area contributed by atoms with Crippen LogP contribution in [-0.4, -0.2) is 9.91 Å². The van der Waals surface area contributed by atoms with Crippen molar-refractivity contribution in [1.29, 1.82) is 5.26 Å². The van der Waals surface area contributed by atoms with Gasteiger partial charge in [0.2, 0.25) is 5.69 Å². The molecule has 1 aromatic carbocycles. The number of aromatic nitrogens is 1. The van der Waals surface area contributed by atoms with E-state index in [9.17, 15) is 10.1 Å². The lowest BCUT2D eigenvalue weighted by molar-refractivity contribution is -0.389. The quantitative estimate of drug-likeness (QED) is 0.581. The van der Waals surface area contributed by atoms with E-state index in [0.717, 1.165) is 0 Å². The number of nitrogens with zero attached hydrogens (tertiary/aromatic N) is 3. The lowest BCUT2D eigenvalue weighted by atomic mass is 10.1. The zero-order valence-electron chi connectivity index (χ0n) is 8.70. The Bertz CT molecular complexity index is 603. The molecular formula is C12H7N3O2. The third kappa shape index (κ3) is 2.11. The molecule has 1 aromatic heterocycles. The monoisotopic (exact) mass is 225 g/mol. The van der Waals surface area contributed by atoms with Gasteiger partial charge in [0, 0.05) is 11.6 Å². The van der Waals surface area contributed by atoms with E-state index < -0.39 is 4.92 Å². The molecule has 17 heavy (non-hydrogen) atoms. The minimum atomic E-state index is -0.576. The lowest BCUT2D eigenvalue weighted by Crippen LogP contribution is -1.96. The van der Waals surface area contributed by atoms with E-state index in [-0.39, 0.29) is 5.82 Å². The van der Waals surface area contributed by atoms with Gasteiger partial charge in [-0.2, -0.15) is 5.26 Å². The SMILES string of the molecule is N#Cc1ccc([N+](=O)[O-])nc1-c1ccccc1. The summed E-state index contributed by atoms with van der Waals surface area (Å²) in [6, 6.07) is 13.5. The Labute approximate surface area is 97.1 Å². The first-order valence-corrected chi connectivity index (χ1v) is 4.83. The largest absolute Gasteiger partial charge is 0.364 e. The summed E-state index contributed by atoms with van der Waals surface area (Å²) in [5, 5.41) is 19.6. The molecule has 82 valence electrons. The molecule has 0 saturated heterocycles. The van der Waals surface area contributed by atoms with Crippen molar-refractivity contribution in [1.82, 2.24) is 4.98 Å². The zero-order valence-corrected chi connectivity index (χ0v) is 8.70. The highest BCUT2D eigenvalue weighted by molar-refractivity contribution is 5.67. The molecule has 1 heterocycles. The molecular weight excluding hydrogens is 218 g/mol. The van der Waals surface area contributed by atoms with Crippen LogP contribution >= 0.6 is 0 Å². The normalized spacial score (nSPS) is 9.59. The zero-order chi connectivity index (χ0) is 12.3. The molecule has 0 radical (unpaired) electrons. The summed E-state index contributed by atoms with van der Waals surface area (Å²) in [6.45, 7) is 0. The van der Waals surface area contributed by atoms with Crippen molar-refractivity contribution >= 4 is 5.82 Å². The number of hydrogen-bond acceptors (Lipinski definition) is 4. The maximum absolute atomic E-state index is 10.6. The Kier molecular flexibility index (Phi) is 2.79. The average Bonchev–Trinajstić information content (AvgIpc) is 2.39. The van der Waals surface area contributed by atoms with Crippen LogP contribution in [0.5, 0.6) is 0 Å². The molecule has 0 saturated carbocycles. The summed E-state index contributed by atoms with van der Waals surface area (Å²) in [4.78, 5) is 14.0. The third-order valence-corrected chi connectivity index (χ3v) is 2.24. The molecule has 0 aliphatic heterocycles. The molecule has 0 atom stereocenters. The molecule has 0 aliphatic carbocycles. The fraction of sp³-hybridized carbons (Fsp3) is 0. The van der Waals surface area contributed by atoms with E-state index in [1.165, 1.54) is 12.1 Å². The minimum absolute atomic E-state index is 0.261. The van der Waals surface area contributed by atoms with Crippen molar-refractivity contribution in [3.63, 3.8) is 0 Å². The van der Waals surface area contributed by atoms with Gasteiger partial charge >= 0.3 is 5.82 Å². The van der Waals surface area contributed by atoms with Crippen molar-refractivity contribution in [2.24, 2.45) is 0 Å². The molecule has 0 N–H and O–H groups in total. The molecule has 5 nitrogen and oxygen atoms in total. The minimum Gasteiger partial charge on any atom is -0.358 e. The van der Waals surface area contributed by atoms with Gasteiger partial charge in [0.05, 0.1) is 0 Å². The van der Waals surface area contributed by atoms with Gasteiger partial charge in [-0.05, 0) is 16.0 Å². The van der Waals surface area contributed by atoms with Crippen LogP contribution in [0.1, 0.15) is 5.56 Å². The van der Waals surface area contributed by atoms with Crippen molar-refractivity contribution in [2.75, 3.05) is 0 Å². The highest BCUT2D eigenvalue weighted by Gasteiger charge is 2.16. The van der Waals surface area contributed by atoms with Crippen LogP contribution in [0, 0.1) is 21.4 Å². The van der Waals surface area contributed by atoms with E-state index in [0.29, 0.717) is 16.8 Å². The van der Waals surface area contributed by atoms with Crippen molar-refractivity contribution in [3.8, 4) is 17.3 Å². The number of pyridine rings is 1. The van der Waals surface area contributed by atoms with Crippen LogP contribution in [-0.2, 0) is 0 Å². The standard InChI is InChI=1S/C12H7N3O2/c13-8-10-6-7-11(15(16)17)14-12(10)9-4-2-1-3-5-9/h1-7H. The van der Waals surface area contributed by atoms with Crippen LogP contribution in [0.25, 0.3) is 11.3 Å². The predicted octanol–water partition coefficient (Wildman–Crippen LogP) is 2.53. The second-order valence-electron chi connectivity index (χ2n) is 3.30. The smallest absolute Gasteiger partial charge is 0.358 e. The summed E-state index contributed by atoms with van der Waals surface area (Å²) in [6.07, 6.45) is 0. The maximum atomic E-state index is 10.6. The fourth-order valence-electron chi connectivity index (χ4n) is 1.46. The number of rotatable bonds is 2. The number of hydrogen-bond donors (Lipinski definition) is 0. The molecule has 0 bridgehead atoms. The number of nitriles is 1.